The Hall–Kier alpha value is -1.98. The number of rotatable bonds is 3. The molecule has 1 aliphatic carbocycles. The van der Waals surface area contributed by atoms with E-state index in [1.54, 1.807) is 0 Å². The monoisotopic (exact) mass is 252 g/mol. The maximum atomic E-state index is 13.2. The molecule has 1 aromatic heterocycles. The van der Waals surface area contributed by atoms with Crippen LogP contribution in [0, 0.1) is 17.6 Å². The van der Waals surface area contributed by atoms with Gasteiger partial charge in [-0.25, -0.2) is 18.6 Å². The van der Waals surface area contributed by atoms with E-state index in [2.05, 4.69) is 4.98 Å². The van der Waals surface area contributed by atoms with Gasteiger partial charge < -0.3 is 9.67 Å². The third kappa shape index (κ3) is 1.64. The zero-order valence-electron chi connectivity index (χ0n) is 9.31. The molecular formula is C12H10F2N2O2. The van der Waals surface area contributed by atoms with Gasteiger partial charge in [0.15, 0.2) is 11.6 Å². The fourth-order valence-corrected chi connectivity index (χ4v) is 2.20. The Bertz CT molecular complexity index is 634. The standard InChI is InChI=1S/C12H10F2N2O2/c13-7-3-9-10(4-8(7)14)16(5-15-9)11(12(17)18)6-1-2-6/h3-6,11H,1-2H2,(H,17,18). The van der Waals surface area contributed by atoms with Crippen molar-refractivity contribution in [3.05, 3.63) is 30.1 Å². The minimum absolute atomic E-state index is 0.0491. The van der Waals surface area contributed by atoms with E-state index >= 15 is 0 Å². The predicted molar refractivity (Wildman–Crippen MR) is 59.0 cm³/mol. The summed E-state index contributed by atoms with van der Waals surface area (Å²) in [6, 6.07) is 1.23. The number of fused-ring (bicyclic) bond motifs is 1. The molecule has 0 bridgehead atoms. The van der Waals surface area contributed by atoms with Gasteiger partial charge in [-0.2, -0.15) is 0 Å². The molecule has 0 aliphatic heterocycles. The van der Waals surface area contributed by atoms with Crippen LogP contribution >= 0.6 is 0 Å². The van der Waals surface area contributed by atoms with E-state index in [1.807, 2.05) is 0 Å². The lowest BCUT2D eigenvalue weighted by atomic mass is 10.1. The maximum absolute atomic E-state index is 13.2. The van der Waals surface area contributed by atoms with Gasteiger partial charge in [0, 0.05) is 12.1 Å². The van der Waals surface area contributed by atoms with Crippen LogP contribution < -0.4 is 0 Å². The van der Waals surface area contributed by atoms with Gasteiger partial charge in [0.05, 0.1) is 17.4 Å². The number of carboxylic acid groups (broad SMARTS) is 1. The van der Waals surface area contributed by atoms with E-state index in [0.29, 0.717) is 5.52 Å². The molecule has 1 atom stereocenters. The Morgan fingerprint density at radius 2 is 2.06 bits per heavy atom. The molecule has 18 heavy (non-hydrogen) atoms. The molecule has 94 valence electrons. The number of aliphatic carboxylic acids is 1. The van der Waals surface area contributed by atoms with Crippen LogP contribution in [0.15, 0.2) is 18.5 Å². The highest BCUT2D eigenvalue weighted by atomic mass is 19.2. The molecule has 6 heteroatoms. The number of aromatic nitrogens is 2. The Labute approximate surface area is 101 Å². The van der Waals surface area contributed by atoms with Crippen molar-refractivity contribution < 1.29 is 18.7 Å². The van der Waals surface area contributed by atoms with Crippen LogP contribution in [0.4, 0.5) is 8.78 Å². The van der Waals surface area contributed by atoms with Crippen molar-refractivity contribution in [1.29, 1.82) is 0 Å². The summed E-state index contributed by atoms with van der Waals surface area (Å²) in [4.78, 5) is 15.2. The number of carbonyl (C=O) groups is 1. The van der Waals surface area contributed by atoms with Crippen molar-refractivity contribution >= 4 is 17.0 Å². The van der Waals surface area contributed by atoms with Crippen LogP contribution in [0.3, 0.4) is 0 Å². The van der Waals surface area contributed by atoms with Crippen LogP contribution in [-0.2, 0) is 4.79 Å². The van der Waals surface area contributed by atoms with Crippen LogP contribution in [0.25, 0.3) is 11.0 Å². The summed E-state index contributed by atoms with van der Waals surface area (Å²) < 4.78 is 27.7. The topological polar surface area (TPSA) is 55.1 Å². The minimum Gasteiger partial charge on any atom is -0.480 e. The molecule has 1 saturated carbocycles. The minimum atomic E-state index is -0.996. The number of hydrogen-bond donors (Lipinski definition) is 1. The summed E-state index contributed by atoms with van der Waals surface area (Å²) in [7, 11) is 0. The summed E-state index contributed by atoms with van der Waals surface area (Å²) in [5.41, 5.74) is 0.578. The smallest absolute Gasteiger partial charge is 0.327 e. The first-order chi connectivity index (χ1) is 8.58. The molecule has 4 nitrogen and oxygen atoms in total. The van der Waals surface area contributed by atoms with Gasteiger partial charge in [0.25, 0.3) is 0 Å². The van der Waals surface area contributed by atoms with Gasteiger partial charge in [-0.15, -0.1) is 0 Å². The van der Waals surface area contributed by atoms with Crippen molar-refractivity contribution in [3.8, 4) is 0 Å². The molecule has 0 radical (unpaired) electrons. The fraction of sp³-hybridized carbons (Fsp3) is 0.333. The Morgan fingerprint density at radius 3 is 2.67 bits per heavy atom. The van der Waals surface area contributed by atoms with E-state index in [9.17, 15) is 18.7 Å². The van der Waals surface area contributed by atoms with Crippen LogP contribution in [0.2, 0.25) is 0 Å². The summed E-state index contributed by atoms with van der Waals surface area (Å²) in [6.07, 6.45) is 3.00. The van der Waals surface area contributed by atoms with Crippen molar-refractivity contribution in [1.82, 2.24) is 9.55 Å². The van der Waals surface area contributed by atoms with E-state index in [-0.39, 0.29) is 11.4 Å². The number of hydrogen-bond acceptors (Lipinski definition) is 2. The summed E-state index contributed by atoms with van der Waals surface area (Å²) in [5, 5.41) is 9.22. The highest BCUT2D eigenvalue weighted by molar-refractivity contribution is 5.80. The van der Waals surface area contributed by atoms with Crippen LogP contribution in [-0.4, -0.2) is 20.6 Å². The SMILES string of the molecule is O=C(O)C(C1CC1)n1cnc2cc(F)c(F)cc21. The second kappa shape index (κ2) is 3.76. The number of benzene rings is 1. The largest absolute Gasteiger partial charge is 0.480 e. The second-order valence-electron chi connectivity index (χ2n) is 4.53. The third-order valence-electron chi connectivity index (χ3n) is 3.24. The maximum Gasteiger partial charge on any atom is 0.327 e. The molecule has 1 fully saturated rings. The first-order valence-corrected chi connectivity index (χ1v) is 5.62. The zero-order valence-corrected chi connectivity index (χ0v) is 9.31. The lowest BCUT2D eigenvalue weighted by molar-refractivity contribution is -0.141. The Balaban J connectivity index is 2.16. The molecule has 1 unspecified atom stereocenters. The van der Waals surface area contributed by atoms with Crippen LogP contribution in [0.5, 0.6) is 0 Å². The van der Waals surface area contributed by atoms with Gasteiger partial charge in [0.2, 0.25) is 0 Å². The second-order valence-corrected chi connectivity index (χ2v) is 4.53. The summed E-state index contributed by atoms with van der Waals surface area (Å²) in [5.74, 6) is -2.90. The van der Waals surface area contributed by atoms with E-state index in [0.717, 1.165) is 25.0 Å². The molecule has 1 N–H and O–H groups in total. The summed E-state index contributed by atoms with van der Waals surface area (Å²) in [6.45, 7) is 0. The van der Waals surface area contributed by atoms with Crippen molar-refractivity contribution in [2.45, 2.75) is 18.9 Å². The van der Waals surface area contributed by atoms with Crippen molar-refractivity contribution in [2.75, 3.05) is 0 Å². The molecule has 0 amide bonds. The third-order valence-corrected chi connectivity index (χ3v) is 3.24. The first kappa shape index (κ1) is 11.1. The summed E-state index contributed by atoms with van der Waals surface area (Å²) >= 11 is 0. The first-order valence-electron chi connectivity index (χ1n) is 5.62. The number of nitrogens with zero attached hydrogens (tertiary/aromatic N) is 2. The molecule has 2 aromatic rings. The van der Waals surface area contributed by atoms with Crippen LogP contribution in [0.1, 0.15) is 18.9 Å². The van der Waals surface area contributed by atoms with E-state index < -0.39 is 23.6 Å². The van der Waals surface area contributed by atoms with E-state index in [1.165, 1.54) is 10.9 Å². The van der Waals surface area contributed by atoms with Gasteiger partial charge in [-0.1, -0.05) is 0 Å². The zero-order chi connectivity index (χ0) is 12.9. The Morgan fingerprint density at radius 1 is 1.39 bits per heavy atom. The molecule has 0 spiro atoms. The Kier molecular flexibility index (Phi) is 2.33. The molecular weight excluding hydrogens is 242 g/mol. The van der Waals surface area contributed by atoms with Crippen molar-refractivity contribution in [2.24, 2.45) is 5.92 Å². The average molecular weight is 252 g/mol. The normalized spacial score (nSPS) is 17.0. The number of carboxylic acids is 1. The number of imidazole rings is 1. The average Bonchev–Trinajstić information content (AvgIpc) is 3.05. The quantitative estimate of drug-likeness (QED) is 0.912. The van der Waals surface area contributed by atoms with Crippen molar-refractivity contribution in [3.63, 3.8) is 0 Å². The van der Waals surface area contributed by atoms with E-state index in [4.69, 9.17) is 0 Å². The van der Waals surface area contributed by atoms with Gasteiger partial charge in [-0.3, -0.25) is 0 Å². The number of halogens is 2. The molecule has 1 aliphatic rings. The predicted octanol–water partition coefficient (Wildman–Crippen LogP) is 2.35. The lowest BCUT2D eigenvalue weighted by Crippen LogP contribution is -2.20. The van der Waals surface area contributed by atoms with Gasteiger partial charge in [0.1, 0.15) is 6.04 Å². The molecule has 1 heterocycles. The highest BCUT2D eigenvalue weighted by Crippen LogP contribution is 2.41. The highest BCUT2D eigenvalue weighted by Gasteiger charge is 2.38. The van der Waals surface area contributed by atoms with Gasteiger partial charge >= 0.3 is 5.97 Å². The molecule has 3 rings (SSSR count). The fourth-order valence-electron chi connectivity index (χ4n) is 2.20. The van der Waals surface area contributed by atoms with Gasteiger partial charge in [-0.05, 0) is 18.8 Å². The molecule has 1 aromatic carbocycles. The lowest BCUT2D eigenvalue weighted by Gasteiger charge is -2.13. The molecule has 0 saturated heterocycles.